The zero-order valence-electron chi connectivity index (χ0n) is 12.6. The van der Waals surface area contributed by atoms with Crippen molar-refractivity contribution in [3.05, 3.63) is 47.8 Å². The fourth-order valence-electron chi connectivity index (χ4n) is 1.91. The highest BCUT2D eigenvalue weighted by Crippen LogP contribution is 2.07. The number of anilines is 1. The maximum absolute atomic E-state index is 11.7. The van der Waals surface area contributed by atoms with E-state index >= 15 is 0 Å². The summed E-state index contributed by atoms with van der Waals surface area (Å²) >= 11 is 0. The van der Waals surface area contributed by atoms with Gasteiger partial charge in [0.25, 0.3) is 0 Å². The molecule has 0 aliphatic carbocycles. The summed E-state index contributed by atoms with van der Waals surface area (Å²) in [5, 5.41) is 15.6. The molecule has 122 valence electrons. The van der Waals surface area contributed by atoms with Crippen molar-refractivity contribution in [3.8, 4) is 0 Å². The Balaban J connectivity index is 1.91. The van der Waals surface area contributed by atoms with Crippen LogP contribution in [0.25, 0.3) is 0 Å². The second-order valence-electron chi connectivity index (χ2n) is 4.99. The van der Waals surface area contributed by atoms with Gasteiger partial charge >= 0.3 is 12.1 Å². The molecule has 0 radical (unpaired) electrons. The van der Waals surface area contributed by atoms with E-state index in [0.717, 1.165) is 5.56 Å². The highest BCUT2D eigenvalue weighted by molar-refractivity contribution is 5.79. The third kappa shape index (κ3) is 4.73. The van der Waals surface area contributed by atoms with E-state index in [1.165, 1.54) is 10.9 Å². The third-order valence-corrected chi connectivity index (χ3v) is 3.16. The van der Waals surface area contributed by atoms with Gasteiger partial charge in [0.2, 0.25) is 0 Å². The summed E-state index contributed by atoms with van der Waals surface area (Å²) in [5.74, 6) is -1.19. The number of carbonyl (C=O) groups is 2. The largest absolute Gasteiger partial charge is 0.480 e. The van der Waals surface area contributed by atoms with Gasteiger partial charge in [-0.1, -0.05) is 30.3 Å². The Morgan fingerprint density at radius 2 is 2.09 bits per heavy atom. The number of hydrogen-bond acceptors (Lipinski definition) is 5. The Morgan fingerprint density at radius 1 is 1.39 bits per heavy atom. The molecule has 8 nitrogen and oxygen atoms in total. The average Bonchev–Trinajstić information content (AvgIpc) is 2.83. The number of nitrogens with two attached hydrogens (primary N) is 1. The summed E-state index contributed by atoms with van der Waals surface area (Å²) in [6.07, 6.45) is 0.709. The van der Waals surface area contributed by atoms with Gasteiger partial charge in [-0.25, -0.2) is 9.59 Å². The maximum atomic E-state index is 11.7. The Kier molecular flexibility index (Phi) is 5.19. The lowest BCUT2D eigenvalue weighted by molar-refractivity contribution is -0.139. The van der Waals surface area contributed by atoms with Crippen LogP contribution in [0.1, 0.15) is 11.3 Å². The second kappa shape index (κ2) is 7.30. The summed E-state index contributed by atoms with van der Waals surface area (Å²) in [7, 11) is 0. The van der Waals surface area contributed by atoms with Crippen LogP contribution < -0.4 is 11.1 Å². The first-order valence-electron chi connectivity index (χ1n) is 6.95. The van der Waals surface area contributed by atoms with E-state index < -0.39 is 18.1 Å². The van der Waals surface area contributed by atoms with Gasteiger partial charge in [-0.2, -0.15) is 5.10 Å². The van der Waals surface area contributed by atoms with Gasteiger partial charge in [0, 0.05) is 6.20 Å². The minimum absolute atomic E-state index is 0.0478. The van der Waals surface area contributed by atoms with Crippen LogP contribution in [-0.2, 0) is 22.7 Å². The van der Waals surface area contributed by atoms with Crippen molar-refractivity contribution in [3.63, 3.8) is 0 Å². The first kappa shape index (κ1) is 16.3. The van der Waals surface area contributed by atoms with E-state index in [1.807, 2.05) is 18.2 Å². The summed E-state index contributed by atoms with van der Waals surface area (Å²) in [6, 6.07) is 7.93. The van der Waals surface area contributed by atoms with Gasteiger partial charge in [-0.15, -0.1) is 0 Å². The second-order valence-corrected chi connectivity index (χ2v) is 4.99. The lowest BCUT2D eigenvalue weighted by atomic mass is 10.2. The summed E-state index contributed by atoms with van der Waals surface area (Å²) in [6.45, 7) is 1.73. The lowest BCUT2D eigenvalue weighted by Gasteiger charge is -2.14. The van der Waals surface area contributed by atoms with E-state index in [-0.39, 0.29) is 13.2 Å². The van der Waals surface area contributed by atoms with E-state index in [2.05, 4.69) is 10.4 Å². The van der Waals surface area contributed by atoms with E-state index in [0.29, 0.717) is 11.4 Å². The molecule has 23 heavy (non-hydrogen) atoms. The number of aliphatic carboxylic acids is 1. The summed E-state index contributed by atoms with van der Waals surface area (Å²) in [5.41, 5.74) is 7.53. The number of aryl methyl sites for hydroxylation is 1. The number of alkyl carbamates (subject to hydrolysis) is 1. The average molecular weight is 318 g/mol. The van der Waals surface area contributed by atoms with Crippen LogP contribution in [0.2, 0.25) is 0 Å². The first-order valence-corrected chi connectivity index (χ1v) is 6.95. The van der Waals surface area contributed by atoms with Crippen LogP contribution in [0.15, 0.2) is 36.5 Å². The zero-order valence-corrected chi connectivity index (χ0v) is 12.6. The number of carboxylic acids is 1. The fraction of sp³-hybridized carbons (Fsp3) is 0.267. The van der Waals surface area contributed by atoms with Crippen LogP contribution in [0.3, 0.4) is 0 Å². The number of carbonyl (C=O) groups excluding carboxylic acids is 1. The number of nitrogens with zero attached hydrogens (tertiary/aromatic N) is 2. The number of benzene rings is 1. The first-order chi connectivity index (χ1) is 11.0. The molecule has 1 atom stereocenters. The predicted molar refractivity (Wildman–Crippen MR) is 82.6 cm³/mol. The molecule has 0 aliphatic heterocycles. The Labute approximate surface area is 132 Å². The van der Waals surface area contributed by atoms with Gasteiger partial charge in [0.1, 0.15) is 12.6 Å². The number of amides is 1. The SMILES string of the molecule is Cc1nn(CC(NC(=O)OCc2ccccc2)C(=O)O)cc1N. The summed E-state index contributed by atoms with van der Waals surface area (Å²) in [4.78, 5) is 23.0. The van der Waals surface area contributed by atoms with Crippen molar-refractivity contribution in [2.75, 3.05) is 5.73 Å². The monoisotopic (exact) mass is 318 g/mol. The molecular weight excluding hydrogens is 300 g/mol. The van der Waals surface area contributed by atoms with Crippen molar-refractivity contribution >= 4 is 17.7 Å². The van der Waals surface area contributed by atoms with Gasteiger partial charge in [-0.05, 0) is 12.5 Å². The molecule has 0 saturated heterocycles. The molecule has 2 aromatic rings. The van der Waals surface area contributed by atoms with Crippen LogP contribution in [0.4, 0.5) is 10.5 Å². The van der Waals surface area contributed by atoms with E-state index in [1.54, 1.807) is 19.1 Å². The normalized spacial score (nSPS) is 11.7. The van der Waals surface area contributed by atoms with Crippen molar-refractivity contribution in [2.24, 2.45) is 0 Å². The quantitative estimate of drug-likeness (QED) is 0.735. The smallest absolute Gasteiger partial charge is 0.408 e. The topological polar surface area (TPSA) is 119 Å². The predicted octanol–water partition coefficient (Wildman–Crippen LogP) is 1.15. The number of nitrogen functional groups attached to an aromatic ring is 1. The lowest BCUT2D eigenvalue weighted by Crippen LogP contribution is -2.44. The number of aromatic nitrogens is 2. The molecule has 0 bridgehead atoms. The van der Waals surface area contributed by atoms with Crippen molar-refractivity contribution in [1.29, 1.82) is 0 Å². The van der Waals surface area contributed by atoms with Crippen LogP contribution in [0.5, 0.6) is 0 Å². The molecule has 8 heteroatoms. The highest BCUT2D eigenvalue weighted by Gasteiger charge is 2.22. The van der Waals surface area contributed by atoms with Gasteiger partial charge in [-0.3, -0.25) is 4.68 Å². The fourth-order valence-corrected chi connectivity index (χ4v) is 1.91. The number of carboxylic acid groups (broad SMARTS) is 1. The molecule has 1 unspecified atom stereocenters. The van der Waals surface area contributed by atoms with E-state index in [4.69, 9.17) is 10.5 Å². The molecule has 1 heterocycles. The third-order valence-electron chi connectivity index (χ3n) is 3.16. The van der Waals surface area contributed by atoms with Crippen LogP contribution in [0, 0.1) is 6.92 Å². The number of nitrogens with one attached hydrogen (secondary N) is 1. The summed E-state index contributed by atoms with van der Waals surface area (Å²) < 4.78 is 6.38. The molecule has 1 amide bonds. The Hall–Kier alpha value is -3.03. The van der Waals surface area contributed by atoms with Crippen LogP contribution in [-0.4, -0.2) is 33.0 Å². The van der Waals surface area contributed by atoms with Crippen molar-refractivity contribution in [1.82, 2.24) is 15.1 Å². The molecule has 0 fully saturated rings. The van der Waals surface area contributed by atoms with Gasteiger partial charge in [0.05, 0.1) is 17.9 Å². The van der Waals surface area contributed by atoms with Crippen molar-refractivity contribution in [2.45, 2.75) is 26.1 Å². The molecule has 0 aliphatic rings. The standard InChI is InChI=1S/C15H18N4O4/c1-10-12(16)7-19(18-10)8-13(14(20)21)17-15(22)23-9-11-5-3-2-4-6-11/h2-7,13H,8-9,16H2,1H3,(H,17,22)(H,20,21). The molecule has 1 aromatic heterocycles. The molecular formula is C15H18N4O4. The van der Waals surface area contributed by atoms with Crippen LogP contribution >= 0.6 is 0 Å². The Bertz CT molecular complexity index is 665. The minimum Gasteiger partial charge on any atom is -0.480 e. The molecule has 2 rings (SSSR count). The van der Waals surface area contributed by atoms with E-state index in [9.17, 15) is 14.7 Å². The number of rotatable bonds is 6. The molecule has 0 spiro atoms. The molecule has 1 aromatic carbocycles. The molecule has 0 saturated carbocycles. The number of ether oxygens (including phenoxy) is 1. The minimum atomic E-state index is -1.19. The van der Waals surface area contributed by atoms with Gasteiger partial charge < -0.3 is 20.9 Å². The Morgan fingerprint density at radius 3 is 2.65 bits per heavy atom. The number of hydrogen-bond donors (Lipinski definition) is 3. The molecule has 4 N–H and O–H groups in total. The highest BCUT2D eigenvalue weighted by atomic mass is 16.5. The maximum Gasteiger partial charge on any atom is 0.408 e. The van der Waals surface area contributed by atoms with Crippen molar-refractivity contribution < 1.29 is 19.4 Å². The zero-order chi connectivity index (χ0) is 16.8. The van der Waals surface area contributed by atoms with Gasteiger partial charge in [0.15, 0.2) is 0 Å².